The highest BCUT2D eigenvalue weighted by Gasteiger charge is 2.68. The molecule has 4 rings (SSSR count). The molecule has 11 atom stereocenters. The minimum Gasteiger partial charge on any atom is -0.469 e. The first kappa shape index (κ1) is 28.6. The van der Waals surface area contributed by atoms with Crippen LogP contribution < -0.4 is 0 Å². The molecule has 8 heteroatoms. The highest BCUT2D eigenvalue weighted by Crippen LogP contribution is 2.68. The summed E-state index contributed by atoms with van der Waals surface area (Å²) >= 11 is 3.82. The number of halogens is 1. The van der Waals surface area contributed by atoms with E-state index in [2.05, 4.69) is 36.7 Å². The number of Topliss-reactive ketones (excluding diaryl/α,β-unsaturated/α-hetero) is 1. The van der Waals surface area contributed by atoms with Gasteiger partial charge < -0.3 is 14.2 Å². The number of ether oxygens (including phenoxy) is 3. The van der Waals surface area contributed by atoms with Gasteiger partial charge in [0.25, 0.3) is 0 Å². The van der Waals surface area contributed by atoms with Crippen molar-refractivity contribution in [2.75, 3.05) is 7.11 Å². The van der Waals surface area contributed by atoms with Crippen LogP contribution in [0.25, 0.3) is 0 Å². The molecule has 0 heterocycles. The van der Waals surface area contributed by atoms with E-state index in [0.29, 0.717) is 25.7 Å². The fourth-order valence-electron chi connectivity index (χ4n) is 9.18. The second-order valence-corrected chi connectivity index (χ2v) is 13.6. The van der Waals surface area contributed by atoms with Crippen LogP contribution in [-0.2, 0) is 33.4 Å². The van der Waals surface area contributed by atoms with Crippen LogP contribution in [0.2, 0.25) is 0 Å². The molecule has 4 aliphatic rings. The van der Waals surface area contributed by atoms with Crippen molar-refractivity contribution in [2.24, 2.45) is 46.3 Å². The molecule has 0 aromatic rings. The van der Waals surface area contributed by atoms with E-state index < -0.39 is 0 Å². The number of esters is 3. The molecule has 0 spiro atoms. The zero-order valence-electron chi connectivity index (χ0n) is 23.1. The Bertz CT molecular complexity index is 935. The van der Waals surface area contributed by atoms with Gasteiger partial charge in [-0.05, 0) is 80.0 Å². The highest BCUT2D eigenvalue weighted by molar-refractivity contribution is 9.10. The van der Waals surface area contributed by atoms with E-state index in [9.17, 15) is 19.2 Å². The summed E-state index contributed by atoms with van der Waals surface area (Å²) in [7, 11) is 1.41. The lowest BCUT2D eigenvalue weighted by Gasteiger charge is -2.63. The normalized spacial score (nSPS) is 43.6. The molecule has 0 aromatic heterocycles. The third-order valence-electron chi connectivity index (χ3n) is 10.9. The molecule has 0 saturated heterocycles. The average molecular weight is 584 g/mol. The van der Waals surface area contributed by atoms with Crippen LogP contribution in [0.4, 0.5) is 0 Å². The van der Waals surface area contributed by atoms with Crippen LogP contribution in [0.15, 0.2) is 0 Å². The summed E-state index contributed by atoms with van der Waals surface area (Å²) in [5, 5.41) is 0. The molecule has 0 N–H and O–H groups in total. The van der Waals surface area contributed by atoms with Crippen molar-refractivity contribution < 1.29 is 33.4 Å². The molecule has 7 nitrogen and oxygen atoms in total. The van der Waals surface area contributed by atoms with Crippen LogP contribution in [0.5, 0.6) is 0 Å². The fourth-order valence-corrected chi connectivity index (χ4v) is 10.3. The molecule has 0 aliphatic heterocycles. The minimum absolute atomic E-state index is 0.0675. The summed E-state index contributed by atoms with van der Waals surface area (Å²) in [5.41, 5.74) is -0.444. The number of alkyl halides is 1. The third kappa shape index (κ3) is 4.89. The molecule has 208 valence electrons. The van der Waals surface area contributed by atoms with Gasteiger partial charge in [0.2, 0.25) is 0 Å². The molecule has 4 fully saturated rings. The number of hydrogen-bond acceptors (Lipinski definition) is 7. The van der Waals surface area contributed by atoms with Crippen LogP contribution in [-0.4, -0.2) is 47.8 Å². The Morgan fingerprint density at radius 1 is 1.00 bits per heavy atom. The lowest BCUT2D eigenvalue weighted by Crippen LogP contribution is -2.64. The first-order valence-corrected chi connectivity index (χ1v) is 14.8. The summed E-state index contributed by atoms with van der Waals surface area (Å²) in [6.07, 6.45) is 5.54. The molecule has 0 unspecified atom stereocenters. The SMILES string of the molecule is COC(=O)CC[C@@H](C)[C@H]1CC[C@H]2[C@@H]3C(=O)[C@H](Br)[C@H]4C[C@H](OC(C)=O)CC[C@]4(C)[C@H]3C[C@H](OC(C)=O)[C@]12C. The summed E-state index contributed by atoms with van der Waals surface area (Å²) in [5.74, 6) is 0.197. The Hall–Kier alpha value is -1.44. The Morgan fingerprint density at radius 3 is 2.30 bits per heavy atom. The monoisotopic (exact) mass is 582 g/mol. The minimum atomic E-state index is -0.330. The molecule has 37 heavy (non-hydrogen) atoms. The maximum atomic E-state index is 14.1. The maximum Gasteiger partial charge on any atom is 0.305 e. The van der Waals surface area contributed by atoms with Gasteiger partial charge in [0.15, 0.2) is 0 Å². The summed E-state index contributed by atoms with van der Waals surface area (Å²) in [4.78, 5) is 49.7. The maximum absolute atomic E-state index is 14.1. The Morgan fingerprint density at radius 2 is 1.68 bits per heavy atom. The number of carbonyl (C=O) groups is 4. The topological polar surface area (TPSA) is 96.0 Å². The first-order chi connectivity index (χ1) is 17.3. The van der Waals surface area contributed by atoms with E-state index in [1.807, 2.05) is 0 Å². The van der Waals surface area contributed by atoms with E-state index in [4.69, 9.17) is 14.2 Å². The molecule has 4 aliphatic carbocycles. The van der Waals surface area contributed by atoms with E-state index in [0.717, 1.165) is 25.7 Å². The van der Waals surface area contributed by atoms with Gasteiger partial charge >= 0.3 is 17.9 Å². The van der Waals surface area contributed by atoms with Gasteiger partial charge in [0, 0.05) is 31.6 Å². The van der Waals surface area contributed by atoms with E-state index in [1.165, 1.54) is 21.0 Å². The number of hydrogen-bond donors (Lipinski definition) is 0. The van der Waals surface area contributed by atoms with E-state index in [1.54, 1.807) is 0 Å². The molecular formula is C29H43BrO7. The number of fused-ring (bicyclic) bond motifs is 5. The van der Waals surface area contributed by atoms with Gasteiger partial charge in [-0.25, -0.2) is 0 Å². The van der Waals surface area contributed by atoms with Crippen molar-refractivity contribution in [2.45, 2.75) is 103 Å². The molecular weight excluding hydrogens is 540 g/mol. The first-order valence-electron chi connectivity index (χ1n) is 13.9. The van der Waals surface area contributed by atoms with Crippen molar-refractivity contribution in [3.05, 3.63) is 0 Å². The number of methoxy groups -OCH3 is 1. The van der Waals surface area contributed by atoms with Crippen LogP contribution in [0.3, 0.4) is 0 Å². The standard InChI is InChI=1S/C29H43BrO7/c1-15(7-10-24(33)35-6)19-8-9-20-25-21(14-23(29(19,20)5)37-17(3)32)28(4)12-11-18(36-16(2)31)13-22(28)26(30)27(25)34/h15,18-23,25-26H,7-14H2,1-6H3/t15-,18-,19-,20+,21+,22-,23+,25+,26-,28-,29-/m1/s1. The van der Waals surface area contributed by atoms with Gasteiger partial charge in [-0.15, -0.1) is 0 Å². The van der Waals surface area contributed by atoms with Crippen LogP contribution in [0, 0.1) is 46.3 Å². The van der Waals surface area contributed by atoms with Crippen molar-refractivity contribution in [1.29, 1.82) is 0 Å². The van der Waals surface area contributed by atoms with Gasteiger partial charge in [0.1, 0.15) is 18.0 Å². The largest absolute Gasteiger partial charge is 0.469 e. The zero-order valence-corrected chi connectivity index (χ0v) is 24.7. The molecule has 0 radical (unpaired) electrons. The van der Waals surface area contributed by atoms with Gasteiger partial charge in [-0.2, -0.15) is 0 Å². The molecule has 0 amide bonds. The molecule has 4 saturated carbocycles. The smallest absolute Gasteiger partial charge is 0.305 e. The molecule has 0 bridgehead atoms. The third-order valence-corrected chi connectivity index (χ3v) is 12.0. The van der Waals surface area contributed by atoms with Crippen molar-refractivity contribution >= 4 is 39.6 Å². The van der Waals surface area contributed by atoms with Crippen molar-refractivity contribution in [3.63, 3.8) is 0 Å². The fraction of sp³-hybridized carbons (Fsp3) is 0.862. The summed E-state index contributed by atoms with van der Waals surface area (Å²) in [6, 6.07) is 0. The van der Waals surface area contributed by atoms with Gasteiger partial charge in [0.05, 0.1) is 11.9 Å². The predicted octanol–water partition coefficient (Wildman–Crippen LogP) is 5.26. The molecule has 0 aromatic carbocycles. The number of carbonyl (C=O) groups excluding carboxylic acids is 4. The number of ketones is 1. The summed E-state index contributed by atoms with van der Waals surface area (Å²) < 4.78 is 16.6. The highest BCUT2D eigenvalue weighted by atomic mass is 79.9. The van der Waals surface area contributed by atoms with Crippen molar-refractivity contribution in [3.8, 4) is 0 Å². The Balaban J connectivity index is 1.67. The summed E-state index contributed by atoms with van der Waals surface area (Å²) in [6.45, 7) is 9.64. The lowest BCUT2D eigenvalue weighted by molar-refractivity contribution is -0.196. The predicted molar refractivity (Wildman–Crippen MR) is 141 cm³/mol. The number of rotatable bonds is 6. The van der Waals surface area contributed by atoms with E-state index >= 15 is 0 Å². The Kier molecular flexibility index (Phi) is 8.19. The quantitative estimate of drug-likeness (QED) is 0.239. The van der Waals surface area contributed by atoms with Crippen LogP contribution in [0.1, 0.15) is 86.0 Å². The van der Waals surface area contributed by atoms with Gasteiger partial charge in [-0.1, -0.05) is 36.7 Å². The Labute approximate surface area is 229 Å². The lowest BCUT2D eigenvalue weighted by atomic mass is 9.43. The average Bonchev–Trinajstić information content (AvgIpc) is 3.19. The van der Waals surface area contributed by atoms with E-state index in [-0.39, 0.29) is 87.1 Å². The zero-order chi connectivity index (χ0) is 27.3. The van der Waals surface area contributed by atoms with Gasteiger partial charge in [-0.3, -0.25) is 19.2 Å². The van der Waals surface area contributed by atoms with Crippen molar-refractivity contribution in [1.82, 2.24) is 0 Å². The van der Waals surface area contributed by atoms with Crippen LogP contribution >= 0.6 is 15.9 Å². The second-order valence-electron chi connectivity index (χ2n) is 12.6. The second kappa shape index (κ2) is 10.6.